The van der Waals surface area contributed by atoms with E-state index in [1.165, 1.54) is 6.34 Å². The van der Waals surface area contributed by atoms with Gasteiger partial charge < -0.3 is 15.7 Å². The highest BCUT2D eigenvalue weighted by atomic mass is 16.3. The average molecular weight is 406 g/mol. The molecule has 1 aromatic carbocycles. The van der Waals surface area contributed by atoms with Crippen molar-refractivity contribution in [3.8, 4) is 30.4 Å². The molecule has 156 valence electrons. The summed E-state index contributed by atoms with van der Waals surface area (Å²) in [7, 11) is 1.78. The molecular formula is C23H27N5O2. The predicted octanol–water partition coefficient (Wildman–Crippen LogP) is 1.74. The number of aliphatic hydroxyl groups is 1. The van der Waals surface area contributed by atoms with Gasteiger partial charge in [0.25, 0.3) is 5.91 Å². The molecule has 0 radical (unpaired) electrons. The number of nitrogens with two attached hydrogens (primary N) is 1. The Hall–Kier alpha value is -3.55. The van der Waals surface area contributed by atoms with Gasteiger partial charge in [-0.15, -0.1) is 12.8 Å². The molecule has 30 heavy (non-hydrogen) atoms. The summed E-state index contributed by atoms with van der Waals surface area (Å²) in [5.74, 6) is 5.35. The van der Waals surface area contributed by atoms with Gasteiger partial charge in [0.1, 0.15) is 6.10 Å². The Kier molecular flexibility index (Phi) is 8.22. The molecule has 0 spiro atoms. The number of aromatic nitrogens is 2. The van der Waals surface area contributed by atoms with Crippen LogP contribution in [-0.4, -0.2) is 51.7 Å². The smallest absolute Gasteiger partial charge is 0.269 e. The zero-order chi connectivity index (χ0) is 22.1. The van der Waals surface area contributed by atoms with Gasteiger partial charge >= 0.3 is 0 Å². The van der Waals surface area contributed by atoms with E-state index in [1.54, 1.807) is 16.6 Å². The van der Waals surface area contributed by atoms with Gasteiger partial charge in [0.15, 0.2) is 5.69 Å². The lowest BCUT2D eigenvalue weighted by molar-refractivity contribution is 0.0994. The van der Waals surface area contributed by atoms with Crippen LogP contribution in [0, 0.1) is 30.1 Å². The summed E-state index contributed by atoms with van der Waals surface area (Å²) in [6.07, 6.45) is 12.7. The van der Waals surface area contributed by atoms with Gasteiger partial charge in [0.2, 0.25) is 0 Å². The second kappa shape index (κ2) is 10.8. The van der Waals surface area contributed by atoms with Crippen LogP contribution in [-0.2, 0) is 12.8 Å². The van der Waals surface area contributed by atoms with Crippen LogP contribution >= 0.6 is 0 Å². The summed E-state index contributed by atoms with van der Waals surface area (Å²) >= 11 is 0. The third-order valence-electron chi connectivity index (χ3n) is 4.86. The number of amides is 1. The van der Waals surface area contributed by atoms with E-state index < -0.39 is 12.0 Å². The largest absolute Gasteiger partial charge is 0.380 e. The van der Waals surface area contributed by atoms with Gasteiger partial charge in [-0.25, -0.2) is 4.68 Å². The van der Waals surface area contributed by atoms with Crippen LogP contribution in [0.25, 0.3) is 5.69 Å². The van der Waals surface area contributed by atoms with Gasteiger partial charge in [-0.1, -0.05) is 17.9 Å². The van der Waals surface area contributed by atoms with E-state index in [-0.39, 0.29) is 0 Å². The normalized spacial score (nSPS) is 12.9. The van der Waals surface area contributed by atoms with Gasteiger partial charge in [-0.05, 0) is 43.9 Å². The molecule has 1 aromatic heterocycles. The Morgan fingerprint density at radius 1 is 1.43 bits per heavy atom. The highest BCUT2D eigenvalue weighted by Gasteiger charge is 2.24. The number of nitrogens with one attached hydrogen (secondary N) is 1. The van der Waals surface area contributed by atoms with Crippen LogP contribution < -0.4 is 5.73 Å². The summed E-state index contributed by atoms with van der Waals surface area (Å²) < 4.78 is 1.80. The van der Waals surface area contributed by atoms with Gasteiger partial charge in [-0.2, -0.15) is 5.10 Å². The molecule has 1 atom stereocenters. The van der Waals surface area contributed by atoms with Crippen molar-refractivity contribution in [2.75, 3.05) is 13.6 Å². The average Bonchev–Trinajstić information content (AvgIpc) is 3.17. The SMILES string of the molecule is C#C.CN(C=N)CC[C@@H](O)C#Cc1cccc(-n2nc(C(N)=O)c3c2CCCC3)c1. The Morgan fingerprint density at radius 2 is 2.17 bits per heavy atom. The molecule has 0 fully saturated rings. The molecule has 2 aromatic rings. The third kappa shape index (κ3) is 5.50. The van der Waals surface area contributed by atoms with Crippen molar-refractivity contribution in [2.24, 2.45) is 5.73 Å². The molecule has 7 nitrogen and oxygen atoms in total. The standard InChI is InChI=1S/C21H25N5O2.C2H2/c1-25(14-22)12-11-17(27)10-9-15-5-4-6-16(13-15)26-19-8-3-2-7-18(19)20(24-26)21(23)28;1-2/h4-6,13-14,17,22,27H,2-3,7-8,11-12H2,1H3,(H2,23,28);1-2H/t17-;/m0./s1. The van der Waals surface area contributed by atoms with E-state index in [0.717, 1.165) is 48.2 Å². The Bertz CT molecular complexity index is 980. The van der Waals surface area contributed by atoms with Crippen LogP contribution in [0.1, 0.15) is 46.6 Å². The van der Waals surface area contributed by atoms with Crippen LogP contribution in [0.4, 0.5) is 0 Å². The first-order chi connectivity index (χ1) is 14.5. The number of rotatable bonds is 6. The highest BCUT2D eigenvalue weighted by Crippen LogP contribution is 2.27. The fourth-order valence-corrected chi connectivity index (χ4v) is 3.36. The summed E-state index contributed by atoms with van der Waals surface area (Å²) in [4.78, 5) is 13.5. The molecular weight excluding hydrogens is 378 g/mol. The van der Waals surface area contributed by atoms with Crippen molar-refractivity contribution < 1.29 is 9.90 Å². The first-order valence-electron chi connectivity index (χ1n) is 9.74. The maximum absolute atomic E-state index is 11.8. The van der Waals surface area contributed by atoms with E-state index in [9.17, 15) is 9.90 Å². The van der Waals surface area contributed by atoms with Crippen LogP contribution in [0.2, 0.25) is 0 Å². The molecule has 0 bridgehead atoms. The zero-order valence-corrected chi connectivity index (χ0v) is 17.1. The lowest BCUT2D eigenvalue weighted by atomic mass is 9.95. The van der Waals surface area contributed by atoms with E-state index in [2.05, 4.69) is 29.8 Å². The van der Waals surface area contributed by atoms with Crippen molar-refractivity contribution in [3.05, 3.63) is 46.8 Å². The molecule has 0 aliphatic heterocycles. The first-order valence-corrected chi connectivity index (χ1v) is 9.74. The zero-order valence-electron chi connectivity index (χ0n) is 17.1. The summed E-state index contributed by atoms with van der Waals surface area (Å²) in [5, 5.41) is 21.6. The van der Waals surface area contributed by atoms with Crippen molar-refractivity contribution >= 4 is 12.2 Å². The number of hydrogen-bond acceptors (Lipinski definition) is 4. The quantitative estimate of drug-likeness (QED) is 0.386. The Morgan fingerprint density at radius 3 is 2.87 bits per heavy atom. The maximum Gasteiger partial charge on any atom is 0.269 e. The lowest BCUT2D eigenvalue weighted by Gasteiger charge is -2.14. The van der Waals surface area contributed by atoms with Crippen LogP contribution in [0.5, 0.6) is 0 Å². The summed E-state index contributed by atoms with van der Waals surface area (Å²) in [6.45, 7) is 0.564. The van der Waals surface area contributed by atoms with Crippen molar-refractivity contribution in [1.82, 2.24) is 14.7 Å². The lowest BCUT2D eigenvalue weighted by Crippen LogP contribution is -2.20. The molecule has 3 rings (SSSR count). The molecule has 1 heterocycles. The molecule has 0 saturated heterocycles. The number of terminal acetylenes is 1. The molecule has 1 aliphatic carbocycles. The molecule has 0 unspecified atom stereocenters. The third-order valence-corrected chi connectivity index (χ3v) is 4.86. The van der Waals surface area contributed by atoms with Gasteiger partial charge in [-0.3, -0.25) is 10.2 Å². The van der Waals surface area contributed by atoms with Crippen LogP contribution in [0.3, 0.4) is 0 Å². The van der Waals surface area contributed by atoms with E-state index in [1.807, 2.05) is 24.3 Å². The number of primary amides is 1. The summed E-state index contributed by atoms with van der Waals surface area (Å²) in [5.41, 5.74) is 9.47. The van der Waals surface area contributed by atoms with Crippen LogP contribution in [0.15, 0.2) is 24.3 Å². The molecule has 7 heteroatoms. The molecule has 4 N–H and O–H groups in total. The van der Waals surface area contributed by atoms with Crippen molar-refractivity contribution in [2.45, 2.75) is 38.2 Å². The monoisotopic (exact) mass is 405 g/mol. The van der Waals surface area contributed by atoms with E-state index >= 15 is 0 Å². The molecule has 1 amide bonds. The number of aliphatic hydroxyl groups excluding tert-OH is 1. The minimum absolute atomic E-state index is 0.358. The fourth-order valence-electron chi connectivity index (χ4n) is 3.36. The topological polar surface area (TPSA) is 108 Å². The van der Waals surface area contributed by atoms with Crippen molar-refractivity contribution in [1.29, 1.82) is 5.41 Å². The maximum atomic E-state index is 11.8. The number of carbonyl (C=O) groups excluding carboxylic acids is 1. The Labute approximate surface area is 177 Å². The Balaban J connectivity index is 0.00000155. The number of nitrogens with zero attached hydrogens (tertiary/aromatic N) is 3. The highest BCUT2D eigenvalue weighted by molar-refractivity contribution is 5.92. The summed E-state index contributed by atoms with van der Waals surface area (Å²) in [6, 6.07) is 7.58. The number of hydrogen-bond donors (Lipinski definition) is 3. The minimum atomic E-state index is -0.759. The van der Waals surface area contributed by atoms with Crippen molar-refractivity contribution in [3.63, 3.8) is 0 Å². The predicted molar refractivity (Wildman–Crippen MR) is 118 cm³/mol. The van der Waals surface area contributed by atoms with E-state index in [0.29, 0.717) is 18.7 Å². The molecule has 0 saturated carbocycles. The second-order valence-corrected chi connectivity index (χ2v) is 6.99. The molecule has 1 aliphatic rings. The first kappa shape index (κ1) is 22.7. The fraction of sp³-hybridized carbons (Fsp3) is 0.348. The van der Waals surface area contributed by atoms with Gasteiger partial charge in [0.05, 0.1) is 12.0 Å². The second-order valence-electron chi connectivity index (χ2n) is 6.99. The van der Waals surface area contributed by atoms with Gasteiger partial charge in [0, 0.05) is 36.8 Å². The number of carbonyl (C=O) groups is 1. The number of fused-ring (bicyclic) bond motifs is 1. The van der Waals surface area contributed by atoms with E-state index in [4.69, 9.17) is 11.1 Å². The number of benzene rings is 1. The minimum Gasteiger partial charge on any atom is -0.380 e.